The molecular weight excluding hydrogens is 336 g/mol. The SMILES string of the molecule is O=C(CSc1n[nH]c(-c2ccncc2)n1)Nc1cc(F)ccc1F. The van der Waals surface area contributed by atoms with Gasteiger partial charge in [-0.05, 0) is 24.3 Å². The van der Waals surface area contributed by atoms with Crippen LogP contribution < -0.4 is 5.32 Å². The molecule has 2 aromatic heterocycles. The lowest BCUT2D eigenvalue weighted by molar-refractivity contribution is -0.113. The number of nitrogens with zero attached hydrogens (tertiary/aromatic N) is 3. The Morgan fingerprint density at radius 3 is 2.79 bits per heavy atom. The summed E-state index contributed by atoms with van der Waals surface area (Å²) in [5.74, 6) is -1.30. The average molecular weight is 347 g/mol. The van der Waals surface area contributed by atoms with E-state index in [0.29, 0.717) is 11.0 Å². The fourth-order valence-corrected chi connectivity index (χ4v) is 2.46. The Labute approximate surface area is 139 Å². The molecule has 0 atom stereocenters. The number of thioether (sulfide) groups is 1. The number of H-pyrrole nitrogens is 1. The first-order chi connectivity index (χ1) is 11.6. The number of halogens is 2. The Kier molecular flexibility index (Phi) is 4.80. The van der Waals surface area contributed by atoms with Gasteiger partial charge in [0.1, 0.15) is 11.6 Å². The van der Waals surface area contributed by atoms with Crippen molar-refractivity contribution in [2.45, 2.75) is 5.16 Å². The lowest BCUT2D eigenvalue weighted by Gasteiger charge is -2.05. The Bertz CT molecular complexity index is 856. The van der Waals surface area contributed by atoms with Crippen LogP contribution in [-0.4, -0.2) is 31.8 Å². The van der Waals surface area contributed by atoms with Crippen LogP contribution >= 0.6 is 11.8 Å². The summed E-state index contributed by atoms with van der Waals surface area (Å²) in [5, 5.41) is 9.44. The molecule has 9 heteroatoms. The van der Waals surface area contributed by atoms with Crippen LogP contribution in [-0.2, 0) is 4.79 Å². The zero-order valence-electron chi connectivity index (χ0n) is 12.2. The summed E-state index contributed by atoms with van der Waals surface area (Å²) in [6.07, 6.45) is 3.26. The van der Waals surface area contributed by atoms with Crippen LogP contribution in [0, 0.1) is 11.6 Å². The predicted octanol–water partition coefficient (Wildman–Crippen LogP) is 2.88. The minimum atomic E-state index is -0.701. The van der Waals surface area contributed by atoms with E-state index >= 15 is 0 Å². The molecule has 0 fully saturated rings. The van der Waals surface area contributed by atoms with Crippen molar-refractivity contribution < 1.29 is 13.6 Å². The molecule has 0 aliphatic rings. The van der Waals surface area contributed by atoms with E-state index in [-0.39, 0.29) is 11.4 Å². The number of hydrogen-bond acceptors (Lipinski definition) is 5. The maximum atomic E-state index is 13.5. The van der Waals surface area contributed by atoms with E-state index < -0.39 is 17.5 Å². The highest BCUT2D eigenvalue weighted by Crippen LogP contribution is 2.19. The van der Waals surface area contributed by atoms with Crippen LogP contribution in [0.5, 0.6) is 0 Å². The van der Waals surface area contributed by atoms with Crippen LogP contribution in [0.2, 0.25) is 0 Å². The van der Waals surface area contributed by atoms with E-state index in [9.17, 15) is 13.6 Å². The number of nitrogens with one attached hydrogen (secondary N) is 2. The Morgan fingerprint density at radius 1 is 1.21 bits per heavy atom. The molecule has 0 aliphatic carbocycles. The van der Waals surface area contributed by atoms with Crippen molar-refractivity contribution in [2.75, 3.05) is 11.1 Å². The summed E-state index contributed by atoms with van der Waals surface area (Å²) < 4.78 is 26.5. The summed E-state index contributed by atoms with van der Waals surface area (Å²) in [7, 11) is 0. The van der Waals surface area contributed by atoms with Gasteiger partial charge in [0.2, 0.25) is 11.1 Å². The molecule has 24 heavy (non-hydrogen) atoms. The second-order valence-corrected chi connectivity index (χ2v) is 5.61. The summed E-state index contributed by atoms with van der Waals surface area (Å²) in [6, 6.07) is 6.40. The maximum absolute atomic E-state index is 13.5. The molecule has 0 bridgehead atoms. The molecule has 1 amide bonds. The molecule has 3 aromatic rings. The van der Waals surface area contributed by atoms with Gasteiger partial charge in [-0.15, -0.1) is 5.10 Å². The third kappa shape index (κ3) is 3.93. The number of aromatic nitrogens is 4. The molecule has 0 radical (unpaired) electrons. The normalized spacial score (nSPS) is 10.6. The number of amides is 1. The molecule has 6 nitrogen and oxygen atoms in total. The fraction of sp³-hybridized carbons (Fsp3) is 0.0667. The monoisotopic (exact) mass is 347 g/mol. The lowest BCUT2D eigenvalue weighted by Crippen LogP contribution is -2.15. The van der Waals surface area contributed by atoms with Gasteiger partial charge in [-0.3, -0.25) is 14.9 Å². The highest BCUT2D eigenvalue weighted by Gasteiger charge is 2.11. The number of carbonyl (C=O) groups is 1. The van der Waals surface area contributed by atoms with E-state index in [1.807, 2.05) is 0 Å². The van der Waals surface area contributed by atoms with Gasteiger partial charge in [0.25, 0.3) is 0 Å². The summed E-state index contributed by atoms with van der Waals surface area (Å²) in [5.41, 5.74) is 0.615. The standard InChI is InChI=1S/C15H11F2N5OS/c16-10-1-2-11(17)12(7-10)19-13(23)8-24-15-20-14(21-22-15)9-3-5-18-6-4-9/h1-7H,8H2,(H,19,23)(H,20,21,22). The summed E-state index contributed by atoms with van der Waals surface area (Å²) in [6.45, 7) is 0. The Hall–Kier alpha value is -2.81. The Morgan fingerprint density at radius 2 is 2.00 bits per heavy atom. The zero-order chi connectivity index (χ0) is 16.9. The molecule has 0 spiro atoms. The first kappa shape index (κ1) is 16.1. The summed E-state index contributed by atoms with van der Waals surface area (Å²) >= 11 is 1.08. The smallest absolute Gasteiger partial charge is 0.234 e. The molecule has 122 valence electrons. The summed E-state index contributed by atoms with van der Waals surface area (Å²) in [4.78, 5) is 20.0. The van der Waals surface area contributed by atoms with Gasteiger partial charge in [-0.25, -0.2) is 13.8 Å². The third-order valence-electron chi connectivity index (χ3n) is 2.95. The highest BCUT2D eigenvalue weighted by atomic mass is 32.2. The van der Waals surface area contributed by atoms with Gasteiger partial charge >= 0.3 is 0 Å². The Balaban J connectivity index is 1.59. The molecule has 0 unspecified atom stereocenters. The van der Waals surface area contributed by atoms with E-state index in [0.717, 1.165) is 35.5 Å². The largest absolute Gasteiger partial charge is 0.323 e. The lowest BCUT2D eigenvalue weighted by atomic mass is 10.3. The van der Waals surface area contributed by atoms with Crippen molar-refractivity contribution in [3.05, 3.63) is 54.4 Å². The quantitative estimate of drug-likeness (QED) is 0.694. The first-order valence-corrected chi connectivity index (χ1v) is 7.81. The van der Waals surface area contributed by atoms with Crippen molar-refractivity contribution >= 4 is 23.4 Å². The average Bonchev–Trinajstić information content (AvgIpc) is 3.06. The number of carbonyl (C=O) groups excluding carboxylic acids is 1. The van der Waals surface area contributed by atoms with E-state index in [1.54, 1.807) is 24.5 Å². The van der Waals surface area contributed by atoms with Crippen molar-refractivity contribution in [1.29, 1.82) is 0 Å². The number of aromatic amines is 1. The van der Waals surface area contributed by atoms with E-state index in [1.165, 1.54) is 0 Å². The number of rotatable bonds is 5. The molecule has 2 heterocycles. The predicted molar refractivity (Wildman–Crippen MR) is 85.3 cm³/mol. The molecular formula is C15H11F2N5OS. The van der Waals surface area contributed by atoms with Gasteiger partial charge < -0.3 is 5.32 Å². The molecule has 0 saturated heterocycles. The van der Waals surface area contributed by atoms with Crippen molar-refractivity contribution in [3.63, 3.8) is 0 Å². The second kappa shape index (κ2) is 7.18. The number of hydrogen-bond donors (Lipinski definition) is 2. The fourth-order valence-electron chi connectivity index (χ4n) is 1.86. The molecule has 2 N–H and O–H groups in total. The number of benzene rings is 1. The highest BCUT2D eigenvalue weighted by molar-refractivity contribution is 7.99. The molecule has 0 aliphatic heterocycles. The number of pyridine rings is 1. The van der Waals surface area contributed by atoms with Gasteiger partial charge in [-0.2, -0.15) is 0 Å². The third-order valence-corrected chi connectivity index (χ3v) is 3.80. The van der Waals surface area contributed by atoms with Crippen molar-refractivity contribution in [1.82, 2.24) is 20.2 Å². The van der Waals surface area contributed by atoms with Gasteiger partial charge in [0, 0.05) is 24.0 Å². The molecule has 1 aromatic carbocycles. The van der Waals surface area contributed by atoms with Gasteiger partial charge in [-0.1, -0.05) is 11.8 Å². The van der Waals surface area contributed by atoms with Crippen molar-refractivity contribution in [2.24, 2.45) is 0 Å². The maximum Gasteiger partial charge on any atom is 0.234 e. The van der Waals surface area contributed by atoms with E-state index in [2.05, 4.69) is 25.5 Å². The van der Waals surface area contributed by atoms with Gasteiger partial charge in [0.05, 0.1) is 11.4 Å². The number of anilines is 1. The van der Waals surface area contributed by atoms with Gasteiger partial charge in [0.15, 0.2) is 5.82 Å². The minimum absolute atomic E-state index is 0.0381. The van der Waals surface area contributed by atoms with Crippen LogP contribution in [0.15, 0.2) is 47.9 Å². The first-order valence-electron chi connectivity index (χ1n) is 6.82. The van der Waals surface area contributed by atoms with Crippen LogP contribution in [0.25, 0.3) is 11.4 Å². The van der Waals surface area contributed by atoms with Crippen molar-refractivity contribution in [3.8, 4) is 11.4 Å². The molecule has 3 rings (SSSR count). The minimum Gasteiger partial charge on any atom is -0.323 e. The molecule has 0 saturated carbocycles. The van der Waals surface area contributed by atoms with E-state index in [4.69, 9.17) is 0 Å². The zero-order valence-corrected chi connectivity index (χ0v) is 13.0. The van der Waals surface area contributed by atoms with Crippen LogP contribution in [0.1, 0.15) is 0 Å². The van der Waals surface area contributed by atoms with Crippen LogP contribution in [0.4, 0.5) is 14.5 Å². The topological polar surface area (TPSA) is 83.6 Å². The van der Waals surface area contributed by atoms with Crippen LogP contribution in [0.3, 0.4) is 0 Å². The second-order valence-electron chi connectivity index (χ2n) is 4.66.